The maximum absolute atomic E-state index is 11.4. The second-order valence-electron chi connectivity index (χ2n) is 10.9. The van der Waals surface area contributed by atoms with Gasteiger partial charge in [0.15, 0.2) is 5.78 Å². The molecule has 0 amide bonds. The fraction of sp³-hybridized carbons (Fsp3) is 0.957. The summed E-state index contributed by atoms with van der Waals surface area (Å²) in [5, 5.41) is 0. The Hall–Kier alpha value is -0.550. The number of rotatable bonds is 14. The van der Waals surface area contributed by atoms with Crippen molar-refractivity contribution in [1.29, 1.82) is 0 Å². The number of ketones is 1. The van der Waals surface area contributed by atoms with E-state index in [-0.39, 0.29) is 48.0 Å². The number of hydrogen-bond donors (Lipinski definition) is 0. The van der Waals surface area contributed by atoms with Crippen LogP contribution in [0.5, 0.6) is 0 Å². The Morgan fingerprint density at radius 2 is 1.18 bits per heavy atom. The fourth-order valence-electron chi connectivity index (χ4n) is 2.60. The van der Waals surface area contributed by atoms with Gasteiger partial charge in [-0.25, -0.2) is 16.8 Å². The SMILES string of the molecule is CC(C)C(=O)COCN(CCS(C)(=O)=O)C(C)C.CC(C)N(CCS(C)(=O)=O)CC(C)(C)C. The van der Waals surface area contributed by atoms with E-state index in [0.29, 0.717) is 19.1 Å². The van der Waals surface area contributed by atoms with Crippen LogP contribution in [0.25, 0.3) is 0 Å². The van der Waals surface area contributed by atoms with Crippen LogP contribution in [0, 0.1) is 11.3 Å². The van der Waals surface area contributed by atoms with Gasteiger partial charge in [-0.05, 0) is 33.1 Å². The van der Waals surface area contributed by atoms with Crippen LogP contribution in [0.2, 0.25) is 0 Å². The van der Waals surface area contributed by atoms with Crippen LogP contribution in [-0.4, -0.2) is 101 Å². The minimum absolute atomic E-state index is 0.0338. The zero-order chi connectivity index (χ0) is 26.6. The highest BCUT2D eigenvalue weighted by atomic mass is 32.2. The van der Waals surface area contributed by atoms with E-state index < -0.39 is 19.7 Å². The summed E-state index contributed by atoms with van der Waals surface area (Å²) in [5.41, 5.74) is 0.210. The van der Waals surface area contributed by atoms with Gasteiger partial charge in [0.25, 0.3) is 0 Å². The summed E-state index contributed by atoms with van der Waals surface area (Å²) >= 11 is 0. The predicted octanol–water partition coefficient (Wildman–Crippen LogP) is 2.73. The summed E-state index contributed by atoms with van der Waals surface area (Å²) < 4.78 is 49.7. The van der Waals surface area contributed by atoms with Crippen molar-refractivity contribution in [3.8, 4) is 0 Å². The predicted molar refractivity (Wildman–Crippen MR) is 138 cm³/mol. The third kappa shape index (κ3) is 23.0. The lowest BCUT2D eigenvalue weighted by atomic mass is 9.95. The summed E-state index contributed by atoms with van der Waals surface area (Å²) in [6.07, 6.45) is 2.51. The molecule has 0 aliphatic rings. The summed E-state index contributed by atoms with van der Waals surface area (Å²) in [6.45, 7) is 20.7. The van der Waals surface area contributed by atoms with Crippen LogP contribution in [0.15, 0.2) is 0 Å². The summed E-state index contributed by atoms with van der Waals surface area (Å²) in [7, 11) is -5.82. The highest BCUT2D eigenvalue weighted by Crippen LogP contribution is 2.16. The molecule has 0 N–H and O–H groups in total. The molecule has 0 rings (SSSR count). The monoisotopic (exact) mass is 514 g/mol. The average molecular weight is 515 g/mol. The Balaban J connectivity index is 0. The largest absolute Gasteiger partial charge is 0.358 e. The molecule has 0 spiro atoms. The highest BCUT2D eigenvalue weighted by molar-refractivity contribution is 7.90. The molecular weight excluding hydrogens is 464 g/mol. The lowest BCUT2D eigenvalue weighted by Gasteiger charge is -2.32. The molecule has 0 fully saturated rings. The molecular formula is C23H50N2O6S2. The van der Waals surface area contributed by atoms with Gasteiger partial charge in [0, 0.05) is 50.1 Å². The first-order valence-electron chi connectivity index (χ1n) is 11.6. The second kappa shape index (κ2) is 15.4. The highest BCUT2D eigenvalue weighted by Gasteiger charge is 2.19. The van der Waals surface area contributed by atoms with Crippen molar-refractivity contribution in [3.63, 3.8) is 0 Å². The molecule has 0 aromatic carbocycles. The standard InChI is InChI=1S/C12H25NO4S.C11H25NO2S/c1-10(2)12(14)8-17-9-13(11(3)4)6-7-18(5,15)16;1-10(2)12(9-11(3,4)5)7-8-15(6,13)14/h10-11H,6-9H2,1-5H3;10H,7-9H2,1-6H3. The number of hydrogen-bond acceptors (Lipinski definition) is 8. The first kappa shape index (κ1) is 34.6. The van der Waals surface area contributed by atoms with Crippen molar-refractivity contribution >= 4 is 25.5 Å². The van der Waals surface area contributed by atoms with E-state index >= 15 is 0 Å². The average Bonchev–Trinajstić information content (AvgIpc) is 2.58. The van der Waals surface area contributed by atoms with Crippen LogP contribution < -0.4 is 0 Å². The van der Waals surface area contributed by atoms with E-state index in [4.69, 9.17) is 4.74 Å². The molecule has 0 aliphatic heterocycles. The molecule has 0 aromatic heterocycles. The Morgan fingerprint density at radius 1 is 0.788 bits per heavy atom. The van der Waals surface area contributed by atoms with Crippen LogP contribution in [-0.2, 0) is 29.2 Å². The van der Waals surface area contributed by atoms with Crippen molar-refractivity contribution in [2.45, 2.75) is 74.4 Å². The van der Waals surface area contributed by atoms with Crippen LogP contribution in [0.1, 0.15) is 62.3 Å². The molecule has 8 nitrogen and oxygen atoms in total. The van der Waals surface area contributed by atoms with E-state index in [1.165, 1.54) is 12.5 Å². The molecule has 0 aromatic rings. The topological polar surface area (TPSA) is 101 Å². The van der Waals surface area contributed by atoms with Crippen LogP contribution in [0.3, 0.4) is 0 Å². The number of nitrogens with zero attached hydrogens (tertiary/aromatic N) is 2. The first-order chi connectivity index (χ1) is 14.6. The molecule has 33 heavy (non-hydrogen) atoms. The lowest BCUT2D eigenvalue weighted by molar-refractivity contribution is -0.128. The van der Waals surface area contributed by atoms with Gasteiger partial charge < -0.3 is 4.74 Å². The first-order valence-corrected chi connectivity index (χ1v) is 15.7. The zero-order valence-electron chi connectivity index (χ0n) is 22.8. The van der Waals surface area contributed by atoms with Crippen molar-refractivity contribution in [2.24, 2.45) is 11.3 Å². The van der Waals surface area contributed by atoms with Gasteiger partial charge in [-0.2, -0.15) is 0 Å². The van der Waals surface area contributed by atoms with Gasteiger partial charge in [0.05, 0.1) is 18.2 Å². The number of carbonyl (C=O) groups is 1. The Kier molecular flexibility index (Phi) is 16.2. The van der Waals surface area contributed by atoms with E-state index in [9.17, 15) is 21.6 Å². The number of carbonyl (C=O) groups excluding carboxylic acids is 1. The van der Waals surface area contributed by atoms with E-state index in [1.807, 2.05) is 32.6 Å². The number of sulfone groups is 2. The second-order valence-corrected chi connectivity index (χ2v) is 15.4. The van der Waals surface area contributed by atoms with Gasteiger partial charge in [-0.3, -0.25) is 14.6 Å². The molecule has 0 unspecified atom stereocenters. The minimum Gasteiger partial charge on any atom is -0.358 e. The molecule has 0 aliphatic carbocycles. The molecule has 200 valence electrons. The van der Waals surface area contributed by atoms with Gasteiger partial charge in [0.1, 0.15) is 26.3 Å². The van der Waals surface area contributed by atoms with Gasteiger partial charge in [-0.1, -0.05) is 34.6 Å². The maximum Gasteiger partial charge on any atom is 0.161 e. The van der Waals surface area contributed by atoms with Crippen molar-refractivity contribution in [1.82, 2.24) is 9.80 Å². The summed E-state index contributed by atoms with van der Waals surface area (Å²) in [6, 6.07) is 0.576. The van der Waals surface area contributed by atoms with E-state index in [1.54, 1.807) is 0 Å². The van der Waals surface area contributed by atoms with Crippen LogP contribution >= 0.6 is 0 Å². The quantitative estimate of drug-likeness (QED) is 0.326. The molecule has 0 radical (unpaired) electrons. The Labute approximate surface area is 204 Å². The molecule has 10 heteroatoms. The van der Waals surface area contributed by atoms with Crippen molar-refractivity contribution in [3.05, 3.63) is 0 Å². The number of Topliss-reactive ketones (excluding diaryl/α,β-unsaturated/α-hetero) is 1. The maximum atomic E-state index is 11.4. The normalized spacial score (nSPS) is 13.2. The van der Waals surface area contributed by atoms with Gasteiger partial charge in [-0.15, -0.1) is 0 Å². The van der Waals surface area contributed by atoms with Crippen LogP contribution in [0.4, 0.5) is 0 Å². The smallest absolute Gasteiger partial charge is 0.161 e. The zero-order valence-corrected chi connectivity index (χ0v) is 24.5. The third-order valence-corrected chi connectivity index (χ3v) is 6.63. The van der Waals surface area contributed by atoms with E-state index in [2.05, 4.69) is 39.5 Å². The molecule has 0 saturated carbocycles. The molecule has 0 saturated heterocycles. The van der Waals surface area contributed by atoms with Crippen molar-refractivity contribution < 1.29 is 26.4 Å². The molecule has 0 atom stereocenters. The Morgan fingerprint density at radius 3 is 1.48 bits per heavy atom. The van der Waals surface area contributed by atoms with Gasteiger partial charge >= 0.3 is 0 Å². The summed E-state index contributed by atoms with van der Waals surface area (Å²) in [4.78, 5) is 15.5. The third-order valence-electron chi connectivity index (χ3n) is 4.78. The summed E-state index contributed by atoms with van der Waals surface area (Å²) in [5.74, 6) is 0.379. The van der Waals surface area contributed by atoms with E-state index in [0.717, 1.165) is 6.54 Å². The minimum atomic E-state index is -2.97. The molecule has 0 heterocycles. The van der Waals surface area contributed by atoms with Crippen molar-refractivity contribution in [2.75, 3.05) is 57.0 Å². The Bertz CT molecular complexity index is 754. The molecule has 0 bridgehead atoms. The number of ether oxygens (including phenoxy) is 1. The van der Waals surface area contributed by atoms with Gasteiger partial charge in [0.2, 0.25) is 0 Å². The lowest BCUT2D eigenvalue weighted by Crippen LogP contribution is -2.40. The fourth-order valence-corrected chi connectivity index (χ4v) is 3.73.